The van der Waals surface area contributed by atoms with Crippen LogP contribution in [0.1, 0.15) is 11.1 Å². The molecule has 0 saturated heterocycles. The second-order valence-electron chi connectivity index (χ2n) is 4.88. The van der Waals surface area contributed by atoms with Crippen molar-refractivity contribution in [2.75, 3.05) is 24.7 Å². The van der Waals surface area contributed by atoms with Crippen molar-refractivity contribution in [3.8, 4) is 23.3 Å². The Morgan fingerprint density at radius 2 is 1.88 bits per heavy atom. The number of aliphatic hydroxyl groups excluding tert-OH is 2. The summed E-state index contributed by atoms with van der Waals surface area (Å²) in [5.74, 6) is 0.568. The van der Waals surface area contributed by atoms with Gasteiger partial charge in [-0.3, -0.25) is 0 Å². The first-order valence-electron chi connectivity index (χ1n) is 7.19. The fraction of sp³-hybridized carbons (Fsp3) is 0.235. The summed E-state index contributed by atoms with van der Waals surface area (Å²) in [7, 11) is 1.65. The molecule has 1 aromatic heterocycles. The third kappa shape index (κ3) is 3.66. The monoisotopic (exact) mass is 340 g/mol. The number of nitriles is 2. The van der Waals surface area contributed by atoms with E-state index >= 15 is 0 Å². The third-order valence-corrected chi connectivity index (χ3v) is 4.43. The summed E-state index contributed by atoms with van der Waals surface area (Å²) in [6.45, 7) is -0.365. The highest BCUT2D eigenvalue weighted by Gasteiger charge is 2.21. The van der Waals surface area contributed by atoms with Crippen molar-refractivity contribution in [1.29, 1.82) is 10.5 Å². The maximum absolute atomic E-state index is 9.62. The van der Waals surface area contributed by atoms with Crippen LogP contribution >= 0.6 is 11.8 Å². The molecular weight excluding hydrogens is 324 g/mol. The Kier molecular flexibility index (Phi) is 6.16. The summed E-state index contributed by atoms with van der Waals surface area (Å²) in [6.07, 6.45) is -0.905. The topological polar surface area (TPSA) is 113 Å². The number of hydrogen-bond donors (Lipinski definition) is 3. The summed E-state index contributed by atoms with van der Waals surface area (Å²) in [5.41, 5.74) is 1.84. The molecule has 0 aliphatic carbocycles. The van der Waals surface area contributed by atoms with Gasteiger partial charge in [0.25, 0.3) is 0 Å². The molecule has 0 aliphatic heterocycles. The molecule has 0 saturated carbocycles. The van der Waals surface area contributed by atoms with Crippen LogP contribution in [0.5, 0.6) is 0 Å². The lowest BCUT2D eigenvalue weighted by atomic mass is 9.97. The quantitative estimate of drug-likeness (QED) is 0.689. The average molecular weight is 340 g/mol. The van der Waals surface area contributed by atoms with Crippen molar-refractivity contribution in [3.63, 3.8) is 0 Å². The number of hydrogen-bond acceptors (Lipinski definition) is 7. The molecule has 0 bridgehead atoms. The minimum atomic E-state index is -0.905. The van der Waals surface area contributed by atoms with Crippen LogP contribution in [0.15, 0.2) is 35.4 Å². The predicted molar refractivity (Wildman–Crippen MR) is 92.5 cm³/mol. The van der Waals surface area contributed by atoms with E-state index in [4.69, 9.17) is 5.11 Å². The van der Waals surface area contributed by atoms with Crippen molar-refractivity contribution in [1.82, 2.24) is 4.98 Å². The number of nitrogens with one attached hydrogen (secondary N) is 1. The van der Waals surface area contributed by atoms with E-state index < -0.39 is 6.10 Å². The highest BCUT2D eigenvalue weighted by Crippen LogP contribution is 2.36. The van der Waals surface area contributed by atoms with Gasteiger partial charge in [-0.05, 0) is 5.56 Å². The lowest BCUT2D eigenvalue weighted by Gasteiger charge is -2.15. The smallest absolute Gasteiger partial charge is 0.145 e. The fourth-order valence-corrected chi connectivity index (χ4v) is 3.09. The third-order valence-electron chi connectivity index (χ3n) is 3.31. The fourth-order valence-electron chi connectivity index (χ4n) is 2.18. The van der Waals surface area contributed by atoms with Gasteiger partial charge in [0.15, 0.2) is 0 Å². The first kappa shape index (κ1) is 17.8. The van der Waals surface area contributed by atoms with Crippen molar-refractivity contribution in [2.45, 2.75) is 11.1 Å². The molecule has 1 heterocycles. The molecule has 2 aromatic rings. The maximum atomic E-state index is 9.62. The molecule has 0 fully saturated rings. The highest BCUT2D eigenvalue weighted by atomic mass is 32.2. The molecule has 7 heteroatoms. The van der Waals surface area contributed by atoms with Crippen molar-refractivity contribution >= 4 is 17.6 Å². The van der Waals surface area contributed by atoms with Gasteiger partial charge in [0.1, 0.15) is 28.5 Å². The second kappa shape index (κ2) is 8.32. The van der Waals surface area contributed by atoms with Crippen LogP contribution in [-0.4, -0.2) is 40.7 Å². The SMILES string of the molecule is CNc1nc(SCC(O)CO)c(C#N)c(-c2ccccc2)c1C#N. The second-order valence-corrected chi connectivity index (χ2v) is 5.89. The highest BCUT2D eigenvalue weighted by molar-refractivity contribution is 7.99. The number of benzene rings is 1. The summed E-state index contributed by atoms with van der Waals surface area (Å²) < 4.78 is 0. The van der Waals surface area contributed by atoms with Gasteiger partial charge < -0.3 is 15.5 Å². The largest absolute Gasteiger partial charge is 0.394 e. The minimum Gasteiger partial charge on any atom is -0.394 e. The number of rotatable bonds is 6. The Bertz CT molecular complexity index is 797. The van der Waals surface area contributed by atoms with Gasteiger partial charge >= 0.3 is 0 Å². The lowest BCUT2D eigenvalue weighted by Crippen LogP contribution is -2.15. The number of aliphatic hydroxyl groups is 2. The summed E-state index contributed by atoms with van der Waals surface area (Å²) in [4.78, 5) is 4.34. The van der Waals surface area contributed by atoms with E-state index in [2.05, 4.69) is 22.4 Å². The van der Waals surface area contributed by atoms with Crippen LogP contribution in [0.4, 0.5) is 5.82 Å². The normalized spacial score (nSPS) is 11.4. The van der Waals surface area contributed by atoms with Gasteiger partial charge in [0.05, 0.1) is 18.3 Å². The van der Waals surface area contributed by atoms with E-state index in [1.807, 2.05) is 30.3 Å². The minimum absolute atomic E-state index is 0.196. The summed E-state index contributed by atoms with van der Waals surface area (Å²) >= 11 is 1.17. The average Bonchev–Trinajstić information content (AvgIpc) is 2.65. The van der Waals surface area contributed by atoms with Gasteiger partial charge in [-0.25, -0.2) is 4.98 Å². The van der Waals surface area contributed by atoms with E-state index in [-0.39, 0.29) is 17.9 Å². The standard InChI is InChI=1S/C17H16N4O2S/c1-20-16-13(7-18)15(11-5-3-2-4-6-11)14(8-19)17(21-16)24-10-12(23)9-22/h2-6,12,22-23H,9-10H2,1H3,(H,20,21). The molecule has 1 unspecified atom stereocenters. The molecule has 0 aliphatic rings. The Hall–Kier alpha value is -2.58. The van der Waals surface area contributed by atoms with Crippen LogP contribution in [0.3, 0.4) is 0 Å². The van der Waals surface area contributed by atoms with Crippen molar-refractivity contribution in [2.24, 2.45) is 0 Å². The summed E-state index contributed by atoms with van der Waals surface area (Å²) in [6, 6.07) is 13.4. The number of aromatic nitrogens is 1. The zero-order chi connectivity index (χ0) is 17.5. The van der Waals surface area contributed by atoms with Crippen LogP contribution in [-0.2, 0) is 0 Å². The number of anilines is 1. The molecule has 122 valence electrons. The molecule has 0 radical (unpaired) electrons. The van der Waals surface area contributed by atoms with E-state index in [0.717, 1.165) is 5.56 Å². The Morgan fingerprint density at radius 1 is 1.21 bits per heavy atom. The van der Waals surface area contributed by atoms with Gasteiger partial charge in [0.2, 0.25) is 0 Å². The molecule has 1 aromatic carbocycles. The molecular formula is C17H16N4O2S. The van der Waals surface area contributed by atoms with E-state index in [0.29, 0.717) is 22.0 Å². The molecule has 24 heavy (non-hydrogen) atoms. The van der Waals surface area contributed by atoms with Crippen molar-refractivity contribution in [3.05, 3.63) is 41.5 Å². The van der Waals surface area contributed by atoms with Gasteiger partial charge in [0, 0.05) is 18.4 Å². The van der Waals surface area contributed by atoms with E-state index in [1.54, 1.807) is 7.05 Å². The van der Waals surface area contributed by atoms with E-state index in [1.165, 1.54) is 11.8 Å². The van der Waals surface area contributed by atoms with Crippen LogP contribution in [0, 0.1) is 22.7 Å². The molecule has 1 atom stereocenters. The van der Waals surface area contributed by atoms with Crippen LogP contribution in [0.25, 0.3) is 11.1 Å². The number of pyridine rings is 1. The van der Waals surface area contributed by atoms with Gasteiger partial charge in [-0.2, -0.15) is 10.5 Å². The zero-order valence-electron chi connectivity index (χ0n) is 13.0. The Balaban J connectivity index is 2.66. The molecule has 0 spiro atoms. The molecule has 6 nitrogen and oxygen atoms in total. The Labute approximate surface area is 144 Å². The zero-order valence-corrected chi connectivity index (χ0v) is 13.8. The number of thioether (sulfide) groups is 1. The number of nitrogens with zero attached hydrogens (tertiary/aromatic N) is 3. The van der Waals surface area contributed by atoms with Crippen LogP contribution < -0.4 is 5.32 Å². The van der Waals surface area contributed by atoms with Crippen molar-refractivity contribution < 1.29 is 10.2 Å². The maximum Gasteiger partial charge on any atom is 0.145 e. The van der Waals surface area contributed by atoms with Crippen LogP contribution in [0.2, 0.25) is 0 Å². The van der Waals surface area contributed by atoms with Gasteiger partial charge in [-0.1, -0.05) is 30.3 Å². The molecule has 3 N–H and O–H groups in total. The first-order valence-corrected chi connectivity index (χ1v) is 8.17. The molecule has 2 rings (SSSR count). The van der Waals surface area contributed by atoms with E-state index in [9.17, 15) is 15.6 Å². The lowest BCUT2D eigenvalue weighted by molar-refractivity contribution is 0.113. The first-order chi connectivity index (χ1) is 11.7. The molecule has 0 amide bonds. The van der Waals surface area contributed by atoms with Gasteiger partial charge in [-0.15, -0.1) is 11.8 Å². The predicted octanol–water partition coefficient (Wildman–Crippen LogP) is 1.98. The summed E-state index contributed by atoms with van der Waals surface area (Å²) in [5, 5.41) is 40.9. The Morgan fingerprint density at radius 3 is 2.42 bits per heavy atom.